The quantitative estimate of drug-likeness (QED) is 0.796. The molecule has 0 aliphatic heterocycles. The van der Waals surface area contributed by atoms with Gasteiger partial charge in [0.15, 0.2) is 0 Å². The third-order valence-corrected chi connectivity index (χ3v) is 3.10. The Morgan fingerprint density at radius 3 is 2.86 bits per heavy atom. The molecule has 2 nitrogen and oxygen atoms in total. The Hall–Kier alpha value is -0.890. The zero-order valence-electron chi connectivity index (χ0n) is 8.39. The number of rotatable bonds is 3. The van der Waals surface area contributed by atoms with Crippen molar-refractivity contribution >= 4 is 0 Å². The van der Waals surface area contributed by atoms with Gasteiger partial charge in [-0.25, -0.2) is 0 Å². The zero-order chi connectivity index (χ0) is 9.80. The fourth-order valence-electron chi connectivity index (χ4n) is 2.27. The number of aromatic nitrogens is 1. The second kappa shape index (κ2) is 4.56. The van der Waals surface area contributed by atoms with E-state index in [1.807, 2.05) is 12.1 Å². The average molecular weight is 191 g/mol. The molecule has 1 atom stereocenters. The molecule has 0 amide bonds. The van der Waals surface area contributed by atoms with E-state index < -0.39 is 0 Å². The molecule has 76 valence electrons. The van der Waals surface area contributed by atoms with Crippen LogP contribution in [0.3, 0.4) is 0 Å². The van der Waals surface area contributed by atoms with E-state index in [9.17, 15) is 5.11 Å². The molecule has 2 rings (SSSR count). The van der Waals surface area contributed by atoms with Gasteiger partial charge in [0.25, 0.3) is 0 Å². The van der Waals surface area contributed by atoms with Crippen LogP contribution in [-0.2, 0) is 0 Å². The molecule has 0 spiro atoms. The van der Waals surface area contributed by atoms with Crippen molar-refractivity contribution in [3.63, 3.8) is 0 Å². The number of nitrogens with zero attached hydrogens (tertiary/aromatic N) is 1. The van der Waals surface area contributed by atoms with E-state index in [2.05, 4.69) is 4.98 Å². The van der Waals surface area contributed by atoms with Gasteiger partial charge >= 0.3 is 0 Å². The Morgan fingerprint density at radius 1 is 1.43 bits per heavy atom. The molecule has 1 heterocycles. The third kappa shape index (κ3) is 2.32. The molecule has 0 bridgehead atoms. The Balaban J connectivity index is 1.92. The lowest BCUT2D eigenvalue weighted by molar-refractivity contribution is 0.144. The van der Waals surface area contributed by atoms with Gasteiger partial charge in [0.05, 0.1) is 6.10 Å². The fraction of sp³-hybridized carbons (Fsp3) is 0.583. The summed E-state index contributed by atoms with van der Waals surface area (Å²) in [5, 5.41) is 9.94. The Morgan fingerprint density at radius 2 is 2.21 bits per heavy atom. The molecule has 1 fully saturated rings. The smallest absolute Gasteiger partial charge is 0.0807 e. The second-order valence-corrected chi connectivity index (χ2v) is 4.19. The zero-order valence-corrected chi connectivity index (χ0v) is 8.39. The Kier molecular flexibility index (Phi) is 3.14. The average Bonchev–Trinajstić information content (AvgIpc) is 2.72. The minimum atomic E-state index is -0.313. The van der Waals surface area contributed by atoms with Crippen molar-refractivity contribution in [3.05, 3.63) is 30.1 Å². The van der Waals surface area contributed by atoms with Crippen LogP contribution < -0.4 is 0 Å². The van der Waals surface area contributed by atoms with Crippen LogP contribution in [-0.4, -0.2) is 10.1 Å². The summed E-state index contributed by atoms with van der Waals surface area (Å²) in [5.74, 6) is 0.727. The molecule has 1 aliphatic carbocycles. The molecule has 2 heteroatoms. The lowest BCUT2D eigenvalue weighted by Gasteiger charge is -2.14. The first-order valence-corrected chi connectivity index (χ1v) is 5.44. The van der Waals surface area contributed by atoms with Gasteiger partial charge in [-0.15, -0.1) is 0 Å². The molecule has 1 aromatic heterocycles. The molecule has 1 aliphatic rings. The molecule has 14 heavy (non-hydrogen) atoms. The molecule has 1 aromatic rings. The van der Waals surface area contributed by atoms with Crippen LogP contribution in [0.2, 0.25) is 0 Å². The molecule has 1 N–H and O–H groups in total. The predicted molar refractivity (Wildman–Crippen MR) is 55.8 cm³/mol. The van der Waals surface area contributed by atoms with Crippen LogP contribution in [0.15, 0.2) is 24.5 Å². The second-order valence-electron chi connectivity index (χ2n) is 4.19. The van der Waals surface area contributed by atoms with Gasteiger partial charge in [-0.2, -0.15) is 0 Å². The number of hydrogen-bond donors (Lipinski definition) is 1. The first-order chi connectivity index (χ1) is 6.86. The number of pyridine rings is 1. The van der Waals surface area contributed by atoms with Gasteiger partial charge in [-0.3, -0.25) is 4.98 Å². The van der Waals surface area contributed by atoms with Crippen LogP contribution in [0.4, 0.5) is 0 Å². The summed E-state index contributed by atoms with van der Waals surface area (Å²) in [4.78, 5) is 4.02. The highest BCUT2D eigenvalue weighted by atomic mass is 16.3. The number of hydrogen-bond acceptors (Lipinski definition) is 2. The van der Waals surface area contributed by atoms with Crippen molar-refractivity contribution in [2.45, 2.75) is 38.2 Å². The lowest BCUT2D eigenvalue weighted by atomic mass is 9.97. The molecular formula is C12H17NO. The maximum absolute atomic E-state index is 9.94. The summed E-state index contributed by atoms with van der Waals surface area (Å²) in [5.41, 5.74) is 0.958. The van der Waals surface area contributed by atoms with Gasteiger partial charge in [-0.1, -0.05) is 31.7 Å². The van der Waals surface area contributed by atoms with Crippen molar-refractivity contribution in [2.24, 2.45) is 5.92 Å². The standard InChI is InChI=1S/C12H17NO/c14-12(8-10-4-1-2-5-10)11-6-3-7-13-9-11/h3,6-7,9-10,12,14H,1-2,4-5,8H2. The Bertz CT molecular complexity index is 267. The Labute approximate surface area is 85.0 Å². The van der Waals surface area contributed by atoms with Crippen molar-refractivity contribution in [1.29, 1.82) is 0 Å². The van der Waals surface area contributed by atoms with Gasteiger partial charge in [0.1, 0.15) is 0 Å². The van der Waals surface area contributed by atoms with E-state index in [0.717, 1.165) is 17.9 Å². The van der Waals surface area contributed by atoms with E-state index in [-0.39, 0.29) is 6.10 Å². The van der Waals surface area contributed by atoms with Gasteiger partial charge in [0, 0.05) is 12.4 Å². The molecular weight excluding hydrogens is 174 g/mol. The monoisotopic (exact) mass is 191 g/mol. The van der Waals surface area contributed by atoms with E-state index in [1.54, 1.807) is 12.4 Å². The first kappa shape index (κ1) is 9.66. The highest BCUT2D eigenvalue weighted by Crippen LogP contribution is 2.32. The molecule has 1 unspecified atom stereocenters. The predicted octanol–water partition coefficient (Wildman–Crippen LogP) is 2.70. The van der Waals surface area contributed by atoms with E-state index in [4.69, 9.17) is 0 Å². The van der Waals surface area contributed by atoms with Crippen molar-refractivity contribution in [1.82, 2.24) is 4.98 Å². The van der Waals surface area contributed by atoms with E-state index in [1.165, 1.54) is 25.7 Å². The minimum absolute atomic E-state index is 0.313. The van der Waals surface area contributed by atoms with E-state index >= 15 is 0 Å². The summed E-state index contributed by atoms with van der Waals surface area (Å²) >= 11 is 0. The number of aliphatic hydroxyl groups is 1. The first-order valence-electron chi connectivity index (χ1n) is 5.44. The maximum atomic E-state index is 9.94. The summed E-state index contributed by atoms with van der Waals surface area (Å²) in [6.07, 6.45) is 9.35. The van der Waals surface area contributed by atoms with Gasteiger partial charge in [-0.05, 0) is 24.0 Å². The summed E-state index contributed by atoms with van der Waals surface area (Å²) < 4.78 is 0. The normalized spacial score (nSPS) is 19.8. The molecule has 1 saturated carbocycles. The highest BCUT2D eigenvalue weighted by molar-refractivity contribution is 5.11. The summed E-state index contributed by atoms with van der Waals surface area (Å²) in [7, 11) is 0. The lowest BCUT2D eigenvalue weighted by Crippen LogP contribution is -2.04. The minimum Gasteiger partial charge on any atom is -0.388 e. The SMILES string of the molecule is OC(CC1CCCC1)c1cccnc1. The van der Waals surface area contributed by atoms with Gasteiger partial charge < -0.3 is 5.11 Å². The van der Waals surface area contributed by atoms with Crippen LogP contribution in [0, 0.1) is 5.92 Å². The molecule has 0 saturated heterocycles. The number of aliphatic hydroxyl groups excluding tert-OH is 1. The van der Waals surface area contributed by atoms with Gasteiger partial charge in [0.2, 0.25) is 0 Å². The van der Waals surface area contributed by atoms with Crippen molar-refractivity contribution < 1.29 is 5.11 Å². The largest absolute Gasteiger partial charge is 0.388 e. The molecule has 0 aromatic carbocycles. The fourth-order valence-corrected chi connectivity index (χ4v) is 2.27. The van der Waals surface area contributed by atoms with Crippen LogP contribution >= 0.6 is 0 Å². The maximum Gasteiger partial charge on any atom is 0.0807 e. The van der Waals surface area contributed by atoms with Crippen molar-refractivity contribution in [3.8, 4) is 0 Å². The summed E-state index contributed by atoms with van der Waals surface area (Å²) in [6.45, 7) is 0. The van der Waals surface area contributed by atoms with Crippen LogP contribution in [0.5, 0.6) is 0 Å². The molecule has 0 radical (unpaired) electrons. The van der Waals surface area contributed by atoms with Crippen LogP contribution in [0.25, 0.3) is 0 Å². The highest BCUT2D eigenvalue weighted by Gasteiger charge is 2.19. The van der Waals surface area contributed by atoms with E-state index in [0.29, 0.717) is 0 Å². The van der Waals surface area contributed by atoms with Crippen LogP contribution in [0.1, 0.15) is 43.8 Å². The topological polar surface area (TPSA) is 33.1 Å². The van der Waals surface area contributed by atoms with Crippen molar-refractivity contribution in [2.75, 3.05) is 0 Å². The summed E-state index contributed by atoms with van der Waals surface area (Å²) in [6, 6.07) is 3.83. The third-order valence-electron chi connectivity index (χ3n) is 3.10.